The van der Waals surface area contributed by atoms with Gasteiger partial charge in [-0.15, -0.1) is 0 Å². The molecule has 0 aliphatic heterocycles. The Hall–Kier alpha value is -4.67. The van der Waals surface area contributed by atoms with Gasteiger partial charge in [0.25, 0.3) is 0 Å². The predicted molar refractivity (Wildman–Crippen MR) is 159 cm³/mol. The van der Waals surface area contributed by atoms with E-state index < -0.39 is 5.54 Å². The molecule has 4 aromatic carbocycles. The van der Waals surface area contributed by atoms with E-state index in [4.69, 9.17) is 21.6 Å². The number of nitrogens with one attached hydrogen (secondary N) is 2. The number of carbonyl (C=O) groups is 2. The fourth-order valence-electron chi connectivity index (χ4n) is 5.18. The molecule has 0 aromatic heterocycles. The van der Waals surface area contributed by atoms with Crippen LogP contribution < -0.4 is 15.4 Å². The second-order valence-electron chi connectivity index (χ2n) is 10.3. The quantitative estimate of drug-likeness (QED) is 0.226. The van der Waals surface area contributed by atoms with Crippen LogP contribution in [0.1, 0.15) is 28.7 Å². The number of nitriles is 1. The summed E-state index contributed by atoms with van der Waals surface area (Å²) in [6.07, 6.45) is 0.912. The lowest BCUT2D eigenvalue weighted by atomic mass is 9.93. The average Bonchev–Trinajstić information content (AvgIpc) is 3.36. The van der Waals surface area contributed by atoms with Crippen LogP contribution in [0, 0.1) is 17.1 Å². The van der Waals surface area contributed by atoms with E-state index in [2.05, 4.69) is 16.7 Å². The number of benzene rings is 4. The Morgan fingerprint density at radius 1 is 0.929 bits per heavy atom. The number of carbonyl (C=O) groups excluding carboxylic acids is 2. The minimum Gasteiger partial charge on any atom is -0.489 e. The second kappa shape index (κ2) is 12.9. The van der Waals surface area contributed by atoms with E-state index in [1.165, 1.54) is 6.07 Å². The molecule has 0 bridgehead atoms. The Bertz CT molecular complexity index is 1630. The molecule has 212 valence electrons. The van der Waals surface area contributed by atoms with Crippen LogP contribution in [0.15, 0.2) is 91.0 Å². The van der Waals surface area contributed by atoms with Gasteiger partial charge in [-0.2, -0.15) is 5.26 Å². The Morgan fingerprint density at radius 2 is 1.64 bits per heavy atom. The van der Waals surface area contributed by atoms with Crippen molar-refractivity contribution in [1.82, 2.24) is 10.6 Å². The number of hydrogen-bond donors (Lipinski definition) is 2. The highest BCUT2D eigenvalue weighted by atomic mass is 35.5. The molecule has 42 heavy (non-hydrogen) atoms. The standard InChI is InChI=1S/C34H29ClFN3O3/c35-29-12-10-24(11-13-29)25-8-9-26-20-34(21-28(26)19-25,33(41)38-17-3-16-37)39-32(40)18-23-6-14-30(15-7-23)42-22-27-4-1-2-5-31(27)36/h1-2,4-15,19H,3,17-18,20-22H2,(H,38,41)(H,39,40). The second-order valence-corrected chi connectivity index (χ2v) is 10.8. The molecule has 8 heteroatoms. The van der Waals surface area contributed by atoms with Crippen molar-refractivity contribution in [2.45, 2.75) is 37.8 Å². The summed E-state index contributed by atoms with van der Waals surface area (Å²) in [7, 11) is 0. The summed E-state index contributed by atoms with van der Waals surface area (Å²) < 4.78 is 19.6. The molecule has 0 heterocycles. The van der Waals surface area contributed by atoms with Gasteiger partial charge in [-0.25, -0.2) is 4.39 Å². The van der Waals surface area contributed by atoms with Crippen molar-refractivity contribution >= 4 is 23.4 Å². The van der Waals surface area contributed by atoms with Crippen LogP contribution in [0.4, 0.5) is 4.39 Å². The maximum Gasteiger partial charge on any atom is 0.246 e. The lowest BCUT2D eigenvalue weighted by molar-refractivity contribution is -0.133. The van der Waals surface area contributed by atoms with Crippen LogP contribution in [-0.2, 0) is 35.5 Å². The molecule has 0 spiro atoms. The van der Waals surface area contributed by atoms with E-state index in [0.29, 0.717) is 29.2 Å². The summed E-state index contributed by atoms with van der Waals surface area (Å²) in [6, 6.07) is 29.1. The van der Waals surface area contributed by atoms with E-state index >= 15 is 0 Å². The minimum atomic E-state index is -1.17. The van der Waals surface area contributed by atoms with Crippen LogP contribution in [0.2, 0.25) is 5.02 Å². The van der Waals surface area contributed by atoms with Gasteiger partial charge in [-0.1, -0.05) is 72.3 Å². The zero-order chi connectivity index (χ0) is 29.5. The monoisotopic (exact) mass is 581 g/mol. The minimum absolute atomic E-state index is 0.0627. The third-order valence-electron chi connectivity index (χ3n) is 7.34. The van der Waals surface area contributed by atoms with Crippen LogP contribution >= 0.6 is 11.6 Å². The van der Waals surface area contributed by atoms with E-state index in [1.807, 2.05) is 42.5 Å². The number of nitrogens with zero attached hydrogens (tertiary/aromatic N) is 1. The van der Waals surface area contributed by atoms with Gasteiger partial charge < -0.3 is 15.4 Å². The molecule has 1 unspecified atom stereocenters. The summed E-state index contributed by atoms with van der Waals surface area (Å²) in [4.78, 5) is 26.7. The first-order chi connectivity index (χ1) is 20.3. The summed E-state index contributed by atoms with van der Waals surface area (Å²) in [5, 5.41) is 15.4. The van der Waals surface area contributed by atoms with E-state index in [0.717, 1.165) is 27.8 Å². The van der Waals surface area contributed by atoms with Crippen molar-refractivity contribution in [3.05, 3.63) is 124 Å². The molecular formula is C34H29ClFN3O3. The number of halogens is 2. The number of fused-ring (bicyclic) bond motifs is 1. The molecule has 0 saturated heterocycles. The third-order valence-corrected chi connectivity index (χ3v) is 7.60. The Balaban J connectivity index is 1.28. The molecule has 1 atom stereocenters. The third kappa shape index (κ3) is 6.79. The predicted octanol–water partition coefficient (Wildman–Crippen LogP) is 5.95. The first kappa shape index (κ1) is 28.8. The van der Waals surface area contributed by atoms with Gasteiger partial charge in [0, 0.05) is 30.0 Å². The van der Waals surface area contributed by atoms with Crippen LogP contribution in [0.3, 0.4) is 0 Å². The van der Waals surface area contributed by atoms with Gasteiger partial charge in [0.15, 0.2) is 0 Å². The van der Waals surface area contributed by atoms with Crippen molar-refractivity contribution in [2.24, 2.45) is 0 Å². The number of ether oxygens (including phenoxy) is 1. The molecular weight excluding hydrogens is 553 g/mol. The van der Waals surface area contributed by atoms with Crippen molar-refractivity contribution in [1.29, 1.82) is 5.26 Å². The molecule has 1 aliphatic rings. The van der Waals surface area contributed by atoms with Crippen LogP contribution in [-0.4, -0.2) is 23.9 Å². The van der Waals surface area contributed by atoms with Gasteiger partial charge in [-0.05, 0) is 58.1 Å². The fourth-order valence-corrected chi connectivity index (χ4v) is 5.31. The highest BCUT2D eigenvalue weighted by Gasteiger charge is 2.45. The Labute approximate surface area is 249 Å². The summed E-state index contributed by atoms with van der Waals surface area (Å²) in [5.74, 6) is -0.381. The maximum atomic E-state index is 13.9. The largest absolute Gasteiger partial charge is 0.489 e. The molecule has 5 rings (SSSR count). The smallest absolute Gasteiger partial charge is 0.246 e. The zero-order valence-electron chi connectivity index (χ0n) is 22.8. The number of amides is 2. The molecule has 2 amide bonds. The number of hydrogen-bond acceptors (Lipinski definition) is 4. The van der Waals surface area contributed by atoms with Gasteiger partial charge in [0.1, 0.15) is 23.7 Å². The molecule has 6 nitrogen and oxygen atoms in total. The SMILES string of the molecule is N#CCCNC(=O)C1(NC(=O)Cc2ccc(OCc3ccccc3F)cc2)Cc2ccc(-c3ccc(Cl)cc3)cc2C1. The zero-order valence-corrected chi connectivity index (χ0v) is 23.6. The average molecular weight is 582 g/mol. The molecule has 0 fully saturated rings. The van der Waals surface area contributed by atoms with Crippen molar-refractivity contribution in [3.63, 3.8) is 0 Å². The van der Waals surface area contributed by atoms with Crippen molar-refractivity contribution in [3.8, 4) is 22.9 Å². The Kier molecular flexibility index (Phi) is 8.85. The van der Waals surface area contributed by atoms with Crippen molar-refractivity contribution in [2.75, 3.05) is 6.54 Å². The highest BCUT2D eigenvalue weighted by Crippen LogP contribution is 2.34. The van der Waals surface area contributed by atoms with E-state index in [9.17, 15) is 14.0 Å². The van der Waals surface area contributed by atoms with Gasteiger partial charge in [-0.3, -0.25) is 9.59 Å². The van der Waals surface area contributed by atoms with E-state index in [-0.39, 0.29) is 43.6 Å². The van der Waals surface area contributed by atoms with Gasteiger partial charge in [0.05, 0.1) is 18.9 Å². The number of rotatable bonds is 10. The van der Waals surface area contributed by atoms with Crippen LogP contribution in [0.5, 0.6) is 5.75 Å². The fraction of sp³-hybridized carbons (Fsp3) is 0.206. The van der Waals surface area contributed by atoms with Crippen LogP contribution in [0.25, 0.3) is 11.1 Å². The first-order valence-corrected chi connectivity index (χ1v) is 14.0. The first-order valence-electron chi connectivity index (χ1n) is 13.6. The van der Waals surface area contributed by atoms with Gasteiger partial charge >= 0.3 is 0 Å². The molecule has 0 saturated carbocycles. The summed E-state index contributed by atoms with van der Waals surface area (Å²) in [6.45, 7) is 0.296. The normalized spacial score (nSPS) is 15.4. The van der Waals surface area contributed by atoms with E-state index in [1.54, 1.807) is 42.5 Å². The van der Waals surface area contributed by atoms with Gasteiger partial charge in [0.2, 0.25) is 11.8 Å². The maximum absolute atomic E-state index is 13.9. The summed E-state index contributed by atoms with van der Waals surface area (Å²) >= 11 is 6.05. The topological polar surface area (TPSA) is 91.2 Å². The van der Waals surface area contributed by atoms with Crippen molar-refractivity contribution < 1.29 is 18.7 Å². The molecule has 1 aliphatic carbocycles. The lowest BCUT2D eigenvalue weighted by Crippen LogP contribution is -2.60. The highest BCUT2D eigenvalue weighted by molar-refractivity contribution is 6.30. The summed E-state index contributed by atoms with van der Waals surface area (Å²) in [5.41, 5.74) is 3.99. The molecule has 0 radical (unpaired) electrons. The molecule has 4 aromatic rings. The lowest BCUT2D eigenvalue weighted by Gasteiger charge is -2.29. The molecule has 2 N–H and O–H groups in total. The Morgan fingerprint density at radius 3 is 2.38 bits per heavy atom.